The summed E-state index contributed by atoms with van der Waals surface area (Å²) < 4.78 is 6.07. The van der Waals surface area contributed by atoms with Crippen LogP contribution in [0.25, 0.3) is 0 Å². The van der Waals surface area contributed by atoms with Gasteiger partial charge in [0.1, 0.15) is 6.07 Å². The van der Waals surface area contributed by atoms with Crippen LogP contribution in [0.15, 0.2) is 22.7 Å². The molecule has 1 N–H and O–H groups in total. The predicted octanol–water partition coefficient (Wildman–Crippen LogP) is 3.16. The van der Waals surface area contributed by atoms with E-state index in [-0.39, 0.29) is 5.54 Å². The molecule has 0 aromatic heterocycles. The van der Waals surface area contributed by atoms with Gasteiger partial charge in [-0.3, -0.25) is 0 Å². The Labute approximate surface area is 105 Å². The summed E-state index contributed by atoms with van der Waals surface area (Å²) in [7, 11) is 1.66. The molecule has 0 saturated heterocycles. The molecule has 1 rings (SSSR count). The minimum atomic E-state index is -0.207. The van der Waals surface area contributed by atoms with Gasteiger partial charge in [-0.05, 0) is 32.0 Å². The number of anilines is 1. The van der Waals surface area contributed by atoms with Gasteiger partial charge in [-0.2, -0.15) is 5.26 Å². The van der Waals surface area contributed by atoms with Crippen molar-refractivity contribution in [1.82, 2.24) is 0 Å². The van der Waals surface area contributed by atoms with Crippen LogP contribution >= 0.6 is 15.9 Å². The number of halogens is 1. The Kier molecular flexibility index (Phi) is 4.34. The van der Waals surface area contributed by atoms with Gasteiger partial charge in [-0.15, -0.1) is 0 Å². The molecule has 1 aromatic rings. The van der Waals surface area contributed by atoms with E-state index in [0.717, 1.165) is 10.2 Å². The molecule has 0 bridgehead atoms. The van der Waals surface area contributed by atoms with Crippen LogP contribution in [0.4, 0.5) is 5.69 Å². The van der Waals surface area contributed by atoms with Gasteiger partial charge < -0.3 is 10.1 Å². The zero-order valence-electron chi connectivity index (χ0n) is 9.67. The number of rotatable bonds is 4. The Balaban J connectivity index is 2.96. The van der Waals surface area contributed by atoms with E-state index in [1.807, 2.05) is 26.0 Å². The molecule has 0 heterocycles. The van der Waals surface area contributed by atoms with E-state index < -0.39 is 0 Å². The van der Waals surface area contributed by atoms with Crippen LogP contribution in [0.3, 0.4) is 0 Å². The Bertz CT molecular complexity index is 410. The van der Waals surface area contributed by atoms with E-state index in [1.165, 1.54) is 0 Å². The van der Waals surface area contributed by atoms with Gasteiger partial charge in [0.25, 0.3) is 0 Å². The number of ether oxygens (including phenoxy) is 1. The third-order valence-electron chi connectivity index (χ3n) is 2.08. The molecular weight excluding hydrogens is 268 g/mol. The maximum absolute atomic E-state index is 9.00. The van der Waals surface area contributed by atoms with Crippen molar-refractivity contribution in [2.45, 2.75) is 19.4 Å². The largest absolute Gasteiger partial charge is 0.382 e. The maximum atomic E-state index is 9.00. The normalized spacial score (nSPS) is 10.9. The molecule has 0 amide bonds. The fourth-order valence-corrected chi connectivity index (χ4v) is 1.84. The molecule has 0 unspecified atom stereocenters. The second-order valence-electron chi connectivity index (χ2n) is 4.24. The van der Waals surface area contributed by atoms with Gasteiger partial charge >= 0.3 is 0 Å². The van der Waals surface area contributed by atoms with E-state index in [1.54, 1.807) is 13.2 Å². The summed E-state index contributed by atoms with van der Waals surface area (Å²) in [5, 5.41) is 12.3. The van der Waals surface area contributed by atoms with Crippen molar-refractivity contribution in [2.75, 3.05) is 19.0 Å². The van der Waals surface area contributed by atoms with Gasteiger partial charge in [0.05, 0.1) is 23.4 Å². The summed E-state index contributed by atoms with van der Waals surface area (Å²) >= 11 is 3.39. The van der Waals surface area contributed by atoms with Crippen molar-refractivity contribution < 1.29 is 4.74 Å². The van der Waals surface area contributed by atoms with Crippen LogP contribution in [-0.2, 0) is 4.74 Å². The summed E-state index contributed by atoms with van der Waals surface area (Å²) in [4.78, 5) is 0. The second-order valence-corrected chi connectivity index (χ2v) is 5.16. The highest BCUT2D eigenvalue weighted by molar-refractivity contribution is 9.10. The Morgan fingerprint density at radius 3 is 2.75 bits per heavy atom. The average Bonchev–Trinajstić information content (AvgIpc) is 2.17. The van der Waals surface area contributed by atoms with Crippen LogP contribution < -0.4 is 5.32 Å². The third-order valence-corrected chi connectivity index (χ3v) is 2.57. The number of hydrogen-bond acceptors (Lipinski definition) is 3. The quantitative estimate of drug-likeness (QED) is 0.923. The first-order valence-electron chi connectivity index (χ1n) is 4.95. The molecule has 0 aliphatic heterocycles. The summed E-state index contributed by atoms with van der Waals surface area (Å²) in [6.45, 7) is 4.63. The van der Waals surface area contributed by atoms with Crippen molar-refractivity contribution in [3.05, 3.63) is 28.2 Å². The van der Waals surface area contributed by atoms with Crippen LogP contribution in [0, 0.1) is 11.3 Å². The molecule has 4 heteroatoms. The zero-order valence-corrected chi connectivity index (χ0v) is 11.3. The number of nitrogens with one attached hydrogen (secondary N) is 1. The smallest absolute Gasteiger partial charge is 0.101 e. The molecule has 86 valence electrons. The lowest BCUT2D eigenvalue weighted by Crippen LogP contribution is -2.36. The molecule has 0 aliphatic rings. The van der Waals surface area contributed by atoms with Gasteiger partial charge in [0.15, 0.2) is 0 Å². The third kappa shape index (κ3) is 3.51. The number of hydrogen-bond donors (Lipinski definition) is 1. The molecule has 0 radical (unpaired) electrons. The number of benzene rings is 1. The molecule has 0 saturated carbocycles. The lowest BCUT2D eigenvalue weighted by atomic mass is 10.1. The first kappa shape index (κ1) is 13.0. The topological polar surface area (TPSA) is 45.0 Å². The van der Waals surface area contributed by atoms with Crippen molar-refractivity contribution in [1.29, 1.82) is 5.26 Å². The molecule has 16 heavy (non-hydrogen) atoms. The van der Waals surface area contributed by atoms with Gasteiger partial charge in [-0.1, -0.05) is 15.9 Å². The minimum absolute atomic E-state index is 0.207. The average molecular weight is 283 g/mol. The van der Waals surface area contributed by atoms with Crippen molar-refractivity contribution in [3.63, 3.8) is 0 Å². The predicted molar refractivity (Wildman–Crippen MR) is 68.4 cm³/mol. The zero-order chi connectivity index (χ0) is 12.2. The van der Waals surface area contributed by atoms with E-state index in [2.05, 4.69) is 27.3 Å². The van der Waals surface area contributed by atoms with E-state index in [9.17, 15) is 0 Å². The van der Waals surface area contributed by atoms with Crippen LogP contribution in [-0.4, -0.2) is 19.3 Å². The first-order valence-corrected chi connectivity index (χ1v) is 5.74. The van der Waals surface area contributed by atoms with Crippen molar-refractivity contribution >= 4 is 21.6 Å². The Morgan fingerprint density at radius 2 is 2.19 bits per heavy atom. The fraction of sp³-hybridized carbons (Fsp3) is 0.417. The first-order chi connectivity index (χ1) is 7.48. The minimum Gasteiger partial charge on any atom is -0.382 e. The highest BCUT2D eigenvalue weighted by Gasteiger charge is 2.18. The molecule has 1 aromatic carbocycles. The number of nitriles is 1. The van der Waals surface area contributed by atoms with Crippen molar-refractivity contribution in [2.24, 2.45) is 0 Å². The molecule has 0 spiro atoms. The second kappa shape index (κ2) is 5.33. The van der Waals surface area contributed by atoms with Crippen LogP contribution in [0.5, 0.6) is 0 Å². The van der Waals surface area contributed by atoms with Gasteiger partial charge in [-0.25, -0.2) is 0 Å². The molecule has 3 nitrogen and oxygen atoms in total. The van der Waals surface area contributed by atoms with Gasteiger partial charge in [0.2, 0.25) is 0 Å². The standard InChI is InChI=1S/C12H15BrN2O/c1-12(2,8-16-3)15-11-6-10(13)5-4-9(11)7-14/h4-6,15H,8H2,1-3H3. The highest BCUT2D eigenvalue weighted by atomic mass is 79.9. The van der Waals surface area contributed by atoms with E-state index in [0.29, 0.717) is 12.2 Å². The SMILES string of the molecule is COCC(C)(C)Nc1cc(Br)ccc1C#N. The summed E-state index contributed by atoms with van der Waals surface area (Å²) in [5.74, 6) is 0. The monoisotopic (exact) mass is 282 g/mol. The van der Waals surface area contributed by atoms with Crippen LogP contribution in [0.2, 0.25) is 0 Å². The summed E-state index contributed by atoms with van der Waals surface area (Å²) in [6.07, 6.45) is 0. The molecule has 0 fully saturated rings. The Morgan fingerprint density at radius 1 is 1.50 bits per heavy atom. The number of methoxy groups -OCH3 is 1. The highest BCUT2D eigenvalue weighted by Crippen LogP contribution is 2.24. The van der Waals surface area contributed by atoms with E-state index >= 15 is 0 Å². The number of nitrogens with zero attached hydrogens (tertiary/aromatic N) is 1. The van der Waals surface area contributed by atoms with Crippen molar-refractivity contribution in [3.8, 4) is 6.07 Å². The Hall–Kier alpha value is -1.05. The maximum Gasteiger partial charge on any atom is 0.101 e. The molecular formula is C12H15BrN2O. The molecule has 0 aliphatic carbocycles. The summed E-state index contributed by atoms with van der Waals surface area (Å²) in [5.41, 5.74) is 1.24. The van der Waals surface area contributed by atoms with E-state index in [4.69, 9.17) is 10.00 Å². The fourth-order valence-electron chi connectivity index (χ4n) is 1.48. The van der Waals surface area contributed by atoms with Crippen LogP contribution in [0.1, 0.15) is 19.4 Å². The molecule has 0 atom stereocenters. The lowest BCUT2D eigenvalue weighted by Gasteiger charge is -2.27. The van der Waals surface area contributed by atoms with Gasteiger partial charge in [0, 0.05) is 11.6 Å². The lowest BCUT2D eigenvalue weighted by molar-refractivity contribution is 0.158. The summed E-state index contributed by atoms with van der Waals surface area (Å²) in [6, 6.07) is 7.70.